The standard InChI is InChI=1S/C14H13F3O10S/c1-3(2)10(18)25-8-7-5(4-6(24-7)9(8)26-11(4)19)12(20)27-13(15)14(16,17)28(21,22)23/h4-9,13H,1H2,2H3,(H,21,22,23)/p-1. The van der Waals surface area contributed by atoms with Crippen molar-refractivity contribution >= 4 is 28.0 Å². The van der Waals surface area contributed by atoms with E-state index in [2.05, 4.69) is 11.3 Å². The highest BCUT2D eigenvalue weighted by Crippen LogP contribution is 2.51. The van der Waals surface area contributed by atoms with Gasteiger partial charge in [-0.05, 0) is 6.92 Å². The Balaban J connectivity index is 1.82. The molecule has 7 unspecified atom stereocenters. The van der Waals surface area contributed by atoms with Crippen molar-refractivity contribution in [3.63, 3.8) is 0 Å². The molecule has 14 heteroatoms. The van der Waals surface area contributed by atoms with Crippen LogP contribution in [0.15, 0.2) is 12.2 Å². The Labute approximate surface area is 155 Å². The van der Waals surface area contributed by atoms with Crippen molar-refractivity contribution in [2.75, 3.05) is 0 Å². The smallest absolute Gasteiger partial charge is 0.399 e. The van der Waals surface area contributed by atoms with Crippen molar-refractivity contribution in [2.45, 2.75) is 43.0 Å². The van der Waals surface area contributed by atoms with E-state index in [1.165, 1.54) is 6.92 Å². The van der Waals surface area contributed by atoms with E-state index >= 15 is 0 Å². The molecule has 28 heavy (non-hydrogen) atoms. The number of carbonyl (C=O) groups is 3. The van der Waals surface area contributed by atoms with Gasteiger partial charge < -0.3 is 23.5 Å². The number of rotatable bonds is 6. The fraction of sp³-hybridized carbons (Fsp3) is 0.643. The maximum atomic E-state index is 13.5. The van der Waals surface area contributed by atoms with Crippen LogP contribution >= 0.6 is 0 Å². The van der Waals surface area contributed by atoms with Crippen LogP contribution in [0.25, 0.3) is 0 Å². The molecule has 0 aromatic rings. The minimum atomic E-state index is -6.48. The summed E-state index contributed by atoms with van der Waals surface area (Å²) in [6.45, 7) is 4.66. The van der Waals surface area contributed by atoms with E-state index in [-0.39, 0.29) is 5.57 Å². The monoisotopic (exact) mass is 429 g/mol. The zero-order valence-corrected chi connectivity index (χ0v) is 14.7. The summed E-state index contributed by atoms with van der Waals surface area (Å²) in [5, 5.41) is -5.55. The molecule has 156 valence electrons. The Bertz CT molecular complexity index is 855. The Morgan fingerprint density at radius 3 is 2.43 bits per heavy atom. The van der Waals surface area contributed by atoms with Crippen LogP contribution in [-0.4, -0.2) is 66.9 Å². The molecule has 0 spiro atoms. The summed E-state index contributed by atoms with van der Waals surface area (Å²) in [7, 11) is -6.48. The third-order valence-electron chi connectivity index (χ3n) is 4.59. The first-order valence-electron chi connectivity index (χ1n) is 7.67. The minimum Gasteiger partial charge on any atom is -0.743 e. The highest BCUT2D eigenvalue weighted by atomic mass is 32.2. The van der Waals surface area contributed by atoms with Gasteiger partial charge in [-0.3, -0.25) is 9.59 Å². The lowest BCUT2D eigenvalue weighted by Crippen LogP contribution is -2.49. The molecule has 3 saturated heterocycles. The second-order valence-electron chi connectivity index (χ2n) is 6.44. The van der Waals surface area contributed by atoms with E-state index in [1.807, 2.05) is 0 Å². The molecular formula is C14H12F3O10S-. The average molecular weight is 429 g/mol. The van der Waals surface area contributed by atoms with E-state index < -0.39 is 75.9 Å². The molecule has 10 nitrogen and oxygen atoms in total. The number of alkyl halides is 3. The quantitative estimate of drug-likeness (QED) is 0.232. The number of carbonyl (C=O) groups excluding carboxylic acids is 3. The predicted octanol–water partition coefficient (Wildman–Crippen LogP) is -0.610. The van der Waals surface area contributed by atoms with E-state index in [1.54, 1.807) is 0 Å². The Kier molecular flexibility index (Phi) is 4.71. The van der Waals surface area contributed by atoms with Gasteiger partial charge in [0, 0.05) is 5.57 Å². The van der Waals surface area contributed by atoms with Gasteiger partial charge in [0.05, 0.1) is 0 Å². The Morgan fingerprint density at radius 1 is 1.29 bits per heavy atom. The first kappa shape index (κ1) is 20.5. The van der Waals surface area contributed by atoms with Crippen LogP contribution in [0.3, 0.4) is 0 Å². The molecule has 0 aromatic carbocycles. The number of hydrogen-bond donors (Lipinski definition) is 0. The summed E-state index contributed by atoms with van der Waals surface area (Å²) in [5.41, 5.74) is -0.0353. The van der Waals surface area contributed by atoms with Crippen molar-refractivity contribution in [3.05, 3.63) is 12.2 Å². The van der Waals surface area contributed by atoms with Crippen molar-refractivity contribution in [3.8, 4) is 0 Å². The summed E-state index contributed by atoms with van der Waals surface area (Å²) in [6.07, 6.45) is -8.99. The van der Waals surface area contributed by atoms with Gasteiger partial charge in [-0.25, -0.2) is 13.2 Å². The lowest BCUT2D eigenvalue weighted by molar-refractivity contribution is -0.192. The largest absolute Gasteiger partial charge is 0.743 e. The zero-order valence-electron chi connectivity index (χ0n) is 13.9. The highest BCUT2D eigenvalue weighted by molar-refractivity contribution is 7.86. The molecule has 3 rings (SSSR count). The topological polar surface area (TPSA) is 145 Å². The number of halogens is 3. The van der Waals surface area contributed by atoms with Gasteiger partial charge in [0.1, 0.15) is 24.0 Å². The number of esters is 3. The van der Waals surface area contributed by atoms with Crippen molar-refractivity contribution in [1.29, 1.82) is 0 Å². The molecule has 0 amide bonds. The molecule has 0 saturated carbocycles. The minimum absolute atomic E-state index is 0.0353. The van der Waals surface area contributed by atoms with E-state index in [9.17, 15) is 40.5 Å². The van der Waals surface area contributed by atoms with Crippen LogP contribution in [0.2, 0.25) is 0 Å². The van der Waals surface area contributed by atoms with Crippen molar-refractivity contribution < 1.29 is 59.5 Å². The van der Waals surface area contributed by atoms with Gasteiger partial charge in [-0.2, -0.15) is 13.2 Å². The van der Waals surface area contributed by atoms with Gasteiger partial charge in [0.15, 0.2) is 22.3 Å². The summed E-state index contributed by atoms with van der Waals surface area (Å²) < 4.78 is 90.5. The fourth-order valence-corrected chi connectivity index (χ4v) is 3.60. The average Bonchev–Trinajstić information content (AvgIpc) is 3.16. The van der Waals surface area contributed by atoms with Crippen LogP contribution in [0.4, 0.5) is 13.2 Å². The van der Waals surface area contributed by atoms with Gasteiger partial charge >= 0.3 is 29.5 Å². The Hall–Kier alpha value is -2.19. The SMILES string of the molecule is C=C(C)C(=O)OC1C2OC(=O)C3C2OC1C3C(=O)OC(F)C(F)(F)S(=O)(=O)[O-]. The van der Waals surface area contributed by atoms with Crippen LogP contribution in [0, 0.1) is 11.8 Å². The van der Waals surface area contributed by atoms with E-state index in [0.717, 1.165) is 0 Å². The molecule has 3 heterocycles. The first-order valence-corrected chi connectivity index (χ1v) is 9.08. The summed E-state index contributed by atoms with van der Waals surface area (Å²) in [5.74, 6) is -6.76. The van der Waals surface area contributed by atoms with Crippen molar-refractivity contribution in [1.82, 2.24) is 0 Å². The van der Waals surface area contributed by atoms with Crippen LogP contribution in [0.1, 0.15) is 6.92 Å². The number of fused-ring (bicyclic) bond motifs is 1. The number of ether oxygens (including phenoxy) is 4. The summed E-state index contributed by atoms with van der Waals surface area (Å²) >= 11 is 0. The third kappa shape index (κ3) is 2.95. The van der Waals surface area contributed by atoms with Crippen LogP contribution in [0.5, 0.6) is 0 Å². The van der Waals surface area contributed by atoms with Gasteiger partial charge in [-0.1, -0.05) is 6.58 Å². The molecule has 7 atom stereocenters. The van der Waals surface area contributed by atoms with Crippen LogP contribution < -0.4 is 0 Å². The van der Waals surface area contributed by atoms with Gasteiger partial charge in [0.2, 0.25) is 0 Å². The molecule has 0 aromatic heterocycles. The molecule has 2 bridgehead atoms. The lowest BCUT2D eigenvalue weighted by atomic mass is 9.78. The maximum Gasteiger partial charge on any atom is 0.399 e. The first-order chi connectivity index (χ1) is 12.8. The molecule has 3 aliphatic heterocycles. The van der Waals surface area contributed by atoms with Gasteiger partial charge in [-0.15, -0.1) is 0 Å². The fourth-order valence-electron chi connectivity index (χ4n) is 3.33. The molecule has 0 radical (unpaired) electrons. The van der Waals surface area contributed by atoms with Crippen molar-refractivity contribution in [2.24, 2.45) is 11.8 Å². The van der Waals surface area contributed by atoms with E-state index in [4.69, 9.17) is 14.2 Å². The summed E-state index contributed by atoms with van der Waals surface area (Å²) in [4.78, 5) is 35.9. The summed E-state index contributed by atoms with van der Waals surface area (Å²) in [6, 6.07) is 0. The molecule has 0 aliphatic carbocycles. The zero-order chi connectivity index (χ0) is 21.2. The molecular weight excluding hydrogens is 417 g/mol. The van der Waals surface area contributed by atoms with Gasteiger partial charge in [0.25, 0.3) is 0 Å². The Morgan fingerprint density at radius 2 is 1.89 bits per heavy atom. The normalized spacial score (nSPS) is 34.7. The van der Waals surface area contributed by atoms with E-state index in [0.29, 0.717) is 0 Å². The van der Waals surface area contributed by atoms with Crippen LogP contribution in [-0.2, 0) is 43.4 Å². The predicted molar refractivity (Wildman–Crippen MR) is 75.8 cm³/mol. The molecule has 0 N–H and O–H groups in total. The maximum absolute atomic E-state index is 13.5. The second kappa shape index (κ2) is 6.42. The molecule has 3 aliphatic rings. The number of hydrogen-bond acceptors (Lipinski definition) is 10. The molecule has 3 fully saturated rings. The second-order valence-corrected chi connectivity index (χ2v) is 7.89. The highest BCUT2D eigenvalue weighted by Gasteiger charge is 2.72. The lowest BCUT2D eigenvalue weighted by Gasteiger charge is -2.29. The third-order valence-corrected chi connectivity index (χ3v) is 5.44.